The van der Waals surface area contributed by atoms with Crippen LogP contribution in [0.4, 0.5) is 5.69 Å². The molecule has 0 saturated carbocycles. The molecule has 0 radical (unpaired) electrons. The summed E-state index contributed by atoms with van der Waals surface area (Å²) in [5, 5.41) is 14.5. The molecule has 34 heavy (non-hydrogen) atoms. The zero-order chi connectivity index (χ0) is 23.9. The number of benzene rings is 4. The molecule has 0 heterocycles. The summed E-state index contributed by atoms with van der Waals surface area (Å²) in [5.74, 6) is -0.859. The molecule has 5 heteroatoms. The molecule has 4 aromatic rings. The number of hydrogen-bond donors (Lipinski definition) is 2. The van der Waals surface area contributed by atoms with Crippen LogP contribution in [-0.4, -0.2) is 17.0 Å². The highest BCUT2D eigenvalue weighted by Gasteiger charge is 2.14. The van der Waals surface area contributed by atoms with Crippen molar-refractivity contribution in [2.24, 2.45) is 0 Å². The van der Waals surface area contributed by atoms with Crippen LogP contribution in [0.1, 0.15) is 40.1 Å². The van der Waals surface area contributed by atoms with E-state index in [1.54, 1.807) is 37.3 Å². The average Bonchev–Trinajstić information content (AvgIpc) is 2.86. The number of ether oxygens (including phenoxy) is 1. The van der Waals surface area contributed by atoms with Crippen molar-refractivity contribution in [3.63, 3.8) is 0 Å². The van der Waals surface area contributed by atoms with Crippen LogP contribution in [0.25, 0.3) is 16.8 Å². The van der Waals surface area contributed by atoms with Crippen LogP contribution in [0.15, 0.2) is 97.1 Å². The summed E-state index contributed by atoms with van der Waals surface area (Å²) in [7, 11) is 0. The molecule has 4 aromatic carbocycles. The van der Waals surface area contributed by atoms with E-state index in [2.05, 4.69) is 5.32 Å². The number of aliphatic hydroxyl groups is 1. The molecule has 0 aliphatic carbocycles. The zero-order valence-electron chi connectivity index (χ0n) is 18.8. The lowest BCUT2D eigenvalue weighted by molar-refractivity contribution is -0.111. The van der Waals surface area contributed by atoms with Crippen molar-refractivity contribution in [3.05, 3.63) is 119 Å². The summed E-state index contributed by atoms with van der Waals surface area (Å²) in [5.41, 5.74) is 3.29. The summed E-state index contributed by atoms with van der Waals surface area (Å²) in [6.45, 7) is 1.89. The molecule has 1 unspecified atom stereocenters. The van der Waals surface area contributed by atoms with E-state index in [0.717, 1.165) is 27.5 Å². The molecule has 170 valence electrons. The molecular formula is C29H25NO4. The smallest absolute Gasteiger partial charge is 0.340 e. The van der Waals surface area contributed by atoms with E-state index in [1.165, 1.54) is 6.08 Å². The molecular weight excluding hydrogens is 426 g/mol. The summed E-state index contributed by atoms with van der Waals surface area (Å²) in [6, 6.07) is 27.8. The first-order chi connectivity index (χ1) is 16.5. The van der Waals surface area contributed by atoms with Crippen molar-refractivity contribution in [1.82, 2.24) is 0 Å². The van der Waals surface area contributed by atoms with Gasteiger partial charge in [-0.2, -0.15) is 0 Å². The number of carbonyl (C=O) groups is 2. The molecule has 0 aliphatic rings. The van der Waals surface area contributed by atoms with Gasteiger partial charge in [0.2, 0.25) is 5.91 Å². The maximum atomic E-state index is 12.6. The number of aliphatic hydroxyl groups excluding tert-OH is 1. The SMILES string of the molecule is CC(O)c1ccc2cc(/C=C/C(=O)Nc3ccccc3C(=O)OCc3ccccc3)ccc2c1. The number of nitrogens with one attached hydrogen (secondary N) is 1. The van der Waals surface area contributed by atoms with Crippen LogP contribution in [0, 0.1) is 0 Å². The predicted octanol–water partition coefficient (Wildman–Crippen LogP) is 5.90. The molecule has 0 aromatic heterocycles. The highest BCUT2D eigenvalue weighted by Crippen LogP contribution is 2.22. The Hall–Kier alpha value is -4.22. The third-order valence-corrected chi connectivity index (χ3v) is 5.42. The maximum Gasteiger partial charge on any atom is 0.340 e. The summed E-state index contributed by atoms with van der Waals surface area (Å²) in [4.78, 5) is 25.1. The monoisotopic (exact) mass is 451 g/mol. The van der Waals surface area contributed by atoms with E-state index in [1.807, 2.05) is 66.7 Å². The van der Waals surface area contributed by atoms with Gasteiger partial charge in [-0.25, -0.2) is 4.79 Å². The fourth-order valence-electron chi connectivity index (χ4n) is 3.56. The molecule has 0 fully saturated rings. The van der Waals surface area contributed by atoms with E-state index in [9.17, 15) is 14.7 Å². The molecule has 5 nitrogen and oxygen atoms in total. The number of anilines is 1. The Labute approximate surface area is 198 Å². The van der Waals surface area contributed by atoms with Gasteiger partial charge < -0.3 is 15.2 Å². The van der Waals surface area contributed by atoms with Crippen molar-refractivity contribution in [1.29, 1.82) is 0 Å². The fourth-order valence-corrected chi connectivity index (χ4v) is 3.56. The highest BCUT2D eigenvalue weighted by atomic mass is 16.5. The second kappa shape index (κ2) is 10.6. The van der Waals surface area contributed by atoms with Gasteiger partial charge in [0.1, 0.15) is 6.61 Å². The van der Waals surface area contributed by atoms with Gasteiger partial charge >= 0.3 is 5.97 Å². The molecule has 2 N–H and O–H groups in total. The van der Waals surface area contributed by atoms with Gasteiger partial charge in [0.25, 0.3) is 0 Å². The van der Waals surface area contributed by atoms with Crippen molar-refractivity contribution in [2.75, 3.05) is 5.32 Å². The molecule has 0 spiro atoms. The highest BCUT2D eigenvalue weighted by molar-refractivity contribution is 6.06. The van der Waals surface area contributed by atoms with Crippen molar-refractivity contribution < 1.29 is 19.4 Å². The number of amides is 1. The Morgan fingerprint density at radius 3 is 2.41 bits per heavy atom. The number of rotatable bonds is 7. The average molecular weight is 452 g/mol. The predicted molar refractivity (Wildman–Crippen MR) is 134 cm³/mol. The standard InChI is InChI=1S/C29H25NO4/c1-20(31)23-14-15-24-17-21(11-13-25(24)18-23)12-16-28(32)30-27-10-6-5-9-26(27)29(33)34-19-22-7-3-2-4-8-22/h2-18,20,31H,19H2,1H3,(H,30,32)/b16-12+. The molecule has 4 rings (SSSR count). The minimum atomic E-state index is -0.522. The van der Waals surface area contributed by atoms with Gasteiger partial charge in [-0.3, -0.25) is 4.79 Å². The zero-order valence-corrected chi connectivity index (χ0v) is 18.8. The van der Waals surface area contributed by atoms with Gasteiger partial charge in [0.05, 0.1) is 17.4 Å². The quantitative estimate of drug-likeness (QED) is 0.271. The van der Waals surface area contributed by atoms with E-state index >= 15 is 0 Å². The number of esters is 1. The topological polar surface area (TPSA) is 75.6 Å². The molecule has 0 aliphatic heterocycles. The Balaban J connectivity index is 1.43. The lowest BCUT2D eigenvalue weighted by Gasteiger charge is -2.10. The van der Waals surface area contributed by atoms with Crippen LogP contribution in [0.2, 0.25) is 0 Å². The second-order valence-electron chi connectivity index (χ2n) is 7.97. The van der Waals surface area contributed by atoms with Crippen molar-refractivity contribution in [2.45, 2.75) is 19.6 Å². The van der Waals surface area contributed by atoms with Gasteiger partial charge in [-0.05, 0) is 64.7 Å². The van der Waals surface area contributed by atoms with E-state index in [4.69, 9.17) is 4.74 Å². The van der Waals surface area contributed by atoms with Gasteiger partial charge in [0.15, 0.2) is 0 Å². The first kappa shape index (κ1) is 23.0. The van der Waals surface area contributed by atoms with Crippen LogP contribution in [0.3, 0.4) is 0 Å². The molecule has 1 atom stereocenters. The van der Waals surface area contributed by atoms with Crippen LogP contribution in [0.5, 0.6) is 0 Å². The van der Waals surface area contributed by atoms with Crippen LogP contribution in [-0.2, 0) is 16.1 Å². The Bertz CT molecular complexity index is 1340. The van der Waals surface area contributed by atoms with Crippen molar-refractivity contribution >= 4 is 34.4 Å². The number of para-hydroxylation sites is 1. The fraction of sp³-hybridized carbons (Fsp3) is 0.103. The van der Waals surface area contributed by atoms with Crippen LogP contribution >= 0.6 is 0 Å². The molecule has 0 bridgehead atoms. The van der Waals surface area contributed by atoms with E-state index < -0.39 is 12.1 Å². The Morgan fingerprint density at radius 1 is 0.912 bits per heavy atom. The summed E-state index contributed by atoms with van der Waals surface area (Å²) >= 11 is 0. The third kappa shape index (κ3) is 5.77. The molecule has 0 saturated heterocycles. The van der Waals surface area contributed by atoms with Crippen LogP contribution < -0.4 is 5.32 Å². The minimum Gasteiger partial charge on any atom is -0.457 e. The summed E-state index contributed by atoms with van der Waals surface area (Å²) in [6.07, 6.45) is 2.62. The maximum absolute atomic E-state index is 12.6. The number of carbonyl (C=O) groups excluding carboxylic acids is 2. The lowest BCUT2D eigenvalue weighted by atomic mass is 10.0. The minimum absolute atomic E-state index is 0.155. The number of fused-ring (bicyclic) bond motifs is 1. The van der Waals surface area contributed by atoms with Crippen molar-refractivity contribution in [3.8, 4) is 0 Å². The second-order valence-corrected chi connectivity index (χ2v) is 7.97. The van der Waals surface area contributed by atoms with Gasteiger partial charge in [-0.1, -0.05) is 66.7 Å². The number of hydrogen-bond acceptors (Lipinski definition) is 4. The van der Waals surface area contributed by atoms with Gasteiger partial charge in [-0.15, -0.1) is 0 Å². The first-order valence-corrected chi connectivity index (χ1v) is 11.0. The molecule has 1 amide bonds. The summed E-state index contributed by atoms with van der Waals surface area (Å²) < 4.78 is 5.41. The van der Waals surface area contributed by atoms with E-state index in [0.29, 0.717) is 11.3 Å². The third-order valence-electron chi connectivity index (χ3n) is 5.42. The normalized spacial score (nSPS) is 11.9. The lowest BCUT2D eigenvalue weighted by Crippen LogP contribution is -2.13. The van der Waals surface area contributed by atoms with E-state index in [-0.39, 0.29) is 12.5 Å². The van der Waals surface area contributed by atoms with Gasteiger partial charge in [0, 0.05) is 6.08 Å². The first-order valence-electron chi connectivity index (χ1n) is 11.0. The Kier molecular flexibility index (Phi) is 7.16. The Morgan fingerprint density at radius 2 is 1.62 bits per heavy atom. The largest absolute Gasteiger partial charge is 0.457 e.